The van der Waals surface area contributed by atoms with Gasteiger partial charge in [0.15, 0.2) is 35.3 Å². The predicted molar refractivity (Wildman–Crippen MR) is 213 cm³/mol. The Balaban J connectivity index is 1.00. The smallest absolute Gasteiger partial charge is 0.338 e. The van der Waals surface area contributed by atoms with Crippen LogP contribution in [0.15, 0.2) is 23.3 Å². The van der Waals surface area contributed by atoms with Gasteiger partial charge in [-0.3, -0.25) is 19.2 Å². The molecule has 62 heavy (non-hydrogen) atoms. The van der Waals surface area contributed by atoms with E-state index in [-0.39, 0.29) is 73.8 Å². The normalized spacial score (nSPS) is 47.8. The average Bonchev–Trinajstić information content (AvgIpc) is 3.65. The summed E-state index contributed by atoms with van der Waals surface area (Å²) in [7, 11) is 0. The Morgan fingerprint density at radius 1 is 0.645 bits per heavy atom. The van der Waals surface area contributed by atoms with E-state index in [4.69, 9.17) is 9.47 Å². The van der Waals surface area contributed by atoms with Crippen molar-refractivity contribution in [3.05, 3.63) is 23.3 Å². The van der Waals surface area contributed by atoms with Crippen LogP contribution < -0.4 is 0 Å². The highest BCUT2D eigenvalue weighted by Crippen LogP contribution is 2.70. The molecule has 0 bridgehead atoms. The predicted octanol–water partition coefficient (Wildman–Crippen LogP) is 0.342. The fraction of sp³-hybridized carbons (Fsp3) is 0.783. The summed E-state index contributed by atoms with van der Waals surface area (Å²) in [6.07, 6.45) is -4.55. The Kier molecular flexibility index (Phi) is 11.1. The maximum atomic E-state index is 13.8. The van der Waals surface area contributed by atoms with Crippen LogP contribution in [0.1, 0.15) is 105 Å². The second-order valence-corrected chi connectivity index (χ2v) is 21.0. The Labute approximate surface area is 359 Å². The Morgan fingerprint density at radius 2 is 1.00 bits per heavy atom. The molecule has 0 aliphatic heterocycles. The number of ketones is 4. The molecular weight excluding hydrogens is 808 g/mol. The minimum absolute atomic E-state index is 0.00453. The van der Waals surface area contributed by atoms with E-state index in [2.05, 4.69) is 0 Å². The molecule has 8 rings (SSSR count). The number of fused-ring (bicyclic) bond motifs is 10. The molecular formula is C46H62O16. The van der Waals surface area contributed by atoms with Gasteiger partial charge in [-0.05, 0) is 100 Å². The van der Waals surface area contributed by atoms with E-state index >= 15 is 0 Å². The summed E-state index contributed by atoms with van der Waals surface area (Å²) in [6.45, 7) is 5.35. The third kappa shape index (κ3) is 6.06. The van der Waals surface area contributed by atoms with Gasteiger partial charge in [-0.15, -0.1) is 0 Å². The van der Waals surface area contributed by atoms with Crippen LogP contribution in [-0.4, -0.2) is 137 Å². The monoisotopic (exact) mass is 870 g/mol. The molecule has 8 N–H and O–H groups in total. The van der Waals surface area contributed by atoms with Crippen molar-refractivity contribution in [2.45, 2.75) is 153 Å². The van der Waals surface area contributed by atoms with Gasteiger partial charge in [0.2, 0.25) is 0 Å². The first kappa shape index (κ1) is 45.4. The molecule has 0 spiro atoms. The molecule has 16 heteroatoms. The van der Waals surface area contributed by atoms with Gasteiger partial charge in [-0.25, -0.2) is 9.59 Å². The van der Waals surface area contributed by atoms with Gasteiger partial charge in [0, 0.05) is 46.3 Å². The topological polar surface area (TPSA) is 283 Å². The highest BCUT2D eigenvalue weighted by atomic mass is 16.6. The van der Waals surface area contributed by atoms with Crippen LogP contribution in [-0.2, 0) is 38.2 Å². The first-order chi connectivity index (χ1) is 29.0. The van der Waals surface area contributed by atoms with Gasteiger partial charge < -0.3 is 50.3 Å². The summed E-state index contributed by atoms with van der Waals surface area (Å²) in [5, 5.41) is 88.9. The number of aliphatic hydroxyl groups is 8. The summed E-state index contributed by atoms with van der Waals surface area (Å²) >= 11 is 0. The van der Waals surface area contributed by atoms with Gasteiger partial charge >= 0.3 is 11.9 Å². The van der Waals surface area contributed by atoms with E-state index in [9.17, 15) is 69.6 Å². The quantitative estimate of drug-likeness (QED) is 0.145. The van der Waals surface area contributed by atoms with Crippen LogP contribution >= 0.6 is 0 Å². The van der Waals surface area contributed by atoms with E-state index in [0.717, 1.165) is 0 Å². The van der Waals surface area contributed by atoms with Crippen molar-refractivity contribution < 1.29 is 79.1 Å². The number of hydrogen-bond donors (Lipinski definition) is 8. The maximum Gasteiger partial charge on any atom is 0.338 e. The molecule has 0 aromatic heterocycles. The zero-order chi connectivity index (χ0) is 45.3. The molecule has 0 heterocycles. The van der Waals surface area contributed by atoms with Crippen molar-refractivity contribution >= 4 is 35.1 Å². The van der Waals surface area contributed by atoms with Crippen LogP contribution in [0.5, 0.6) is 0 Å². The molecule has 0 amide bonds. The minimum atomic E-state index is -2.49. The third-order valence-electron chi connectivity index (χ3n) is 18.8. The SMILES string of the molecule is C[C@]12C[C@H](O)[C@H]3[C@@H](CCC4=CC(=O)CC(OC(=O)C(O)C(O)C(=O)OC5CC(=O)C=C6CC[C@@H]7[C@H]([C@@H](O)C[C@@]8(C)[C@H]7CC[C@]8(O)C(=O)CO)[C@]65C)[C@@]43C)[C@@H]1CC[C@]2(O)C(=O)CO. The average molecular weight is 871 g/mol. The van der Waals surface area contributed by atoms with Gasteiger partial charge in [0.05, 0.1) is 12.2 Å². The van der Waals surface area contributed by atoms with Gasteiger partial charge in [-0.2, -0.15) is 0 Å². The first-order valence-corrected chi connectivity index (χ1v) is 22.3. The Morgan fingerprint density at radius 3 is 1.34 bits per heavy atom. The lowest BCUT2D eigenvalue weighted by Crippen LogP contribution is -2.64. The summed E-state index contributed by atoms with van der Waals surface area (Å²) in [6, 6.07) is 0. The molecule has 6 saturated carbocycles. The van der Waals surface area contributed by atoms with Crippen molar-refractivity contribution in [2.24, 2.45) is 57.2 Å². The highest BCUT2D eigenvalue weighted by molar-refractivity contribution is 5.94. The molecule has 18 atom stereocenters. The molecule has 342 valence electrons. The van der Waals surface area contributed by atoms with Crippen LogP contribution in [0.4, 0.5) is 0 Å². The van der Waals surface area contributed by atoms with Crippen molar-refractivity contribution in [1.82, 2.24) is 0 Å². The van der Waals surface area contributed by atoms with Gasteiger partial charge in [0.25, 0.3) is 0 Å². The number of Topliss-reactive ketones (excluding diaryl/α,β-unsaturated/α-hetero) is 2. The summed E-state index contributed by atoms with van der Waals surface area (Å²) in [4.78, 5) is 79.6. The van der Waals surface area contributed by atoms with Gasteiger partial charge in [0.1, 0.15) is 36.6 Å². The lowest BCUT2D eigenvalue weighted by molar-refractivity contribution is -0.207. The van der Waals surface area contributed by atoms with Gasteiger partial charge in [-0.1, -0.05) is 38.8 Å². The number of rotatable bonds is 9. The maximum absolute atomic E-state index is 13.8. The van der Waals surface area contributed by atoms with Crippen molar-refractivity contribution in [3.8, 4) is 0 Å². The van der Waals surface area contributed by atoms with E-state index in [0.29, 0.717) is 49.7 Å². The lowest BCUT2D eigenvalue weighted by atomic mass is 9.44. The number of ether oxygens (including phenoxy) is 2. The Hall–Kier alpha value is -3.22. The largest absolute Gasteiger partial charge is 0.459 e. The summed E-state index contributed by atoms with van der Waals surface area (Å²) in [5.74, 6) is -7.31. The molecule has 0 radical (unpaired) electrons. The van der Waals surface area contributed by atoms with Crippen LogP contribution in [0.3, 0.4) is 0 Å². The van der Waals surface area contributed by atoms with Crippen LogP contribution in [0.25, 0.3) is 0 Å². The molecule has 0 aromatic rings. The second-order valence-electron chi connectivity index (χ2n) is 21.0. The molecule has 8 aliphatic rings. The molecule has 0 saturated heterocycles. The van der Waals surface area contributed by atoms with Crippen molar-refractivity contribution in [2.75, 3.05) is 13.2 Å². The summed E-state index contributed by atoms with van der Waals surface area (Å²) in [5.41, 5.74) is -6.88. The standard InChI is InChI=1S/C46H62O16/c1-41-17-29(51)35-25(27(41)9-11-45(41,59)31(53)19-47)7-5-21-13-23(49)15-33(43(21,35)3)61-39(57)37(55)38(56)40(58)62-34-16-24(50)14-22-6-8-26-28-10-12-46(60,32(54)20-48)42(28,2)18-30(52)36(26)44(22,34)4/h13-14,25-30,33-38,47-48,51-52,55-56,59-60H,5-12,15-20H2,1-4H3/t25-,26-,27-,28-,29-,30-,33?,34?,35+,36+,37?,38?,41-,42-,43+,44+,45-,46-/m0/s1. The number of carbonyl (C=O) groups excluding carboxylic acids is 6. The zero-order valence-electron chi connectivity index (χ0n) is 35.8. The molecule has 8 aliphatic carbocycles. The van der Waals surface area contributed by atoms with E-state index in [1.165, 1.54) is 12.2 Å². The molecule has 4 unspecified atom stereocenters. The van der Waals surface area contributed by atoms with Crippen molar-refractivity contribution in [3.63, 3.8) is 0 Å². The van der Waals surface area contributed by atoms with E-state index in [1.54, 1.807) is 27.7 Å². The molecule has 0 aromatic carbocycles. The zero-order valence-corrected chi connectivity index (χ0v) is 35.8. The fourth-order valence-corrected chi connectivity index (χ4v) is 15.6. The number of esters is 2. The number of aliphatic hydroxyl groups excluding tert-OH is 6. The number of hydrogen-bond acceptors (Lipinski definition) is 16. The molecule has 6 fully saturated rings. The first-order valence-electron chi connectivity index (χ1n) is 22.3. The third-order valence-corrected chi connectivity index (χ3v) is 18.8. The van der Waals surface area contributed by atoms with Crippen LogP contribution in [0.2, 0.25) is 0 Å². The lowest BCUT2D eigenvalue weighted by Gasteiger charge is -2.61. The summed E-state index contributed by atoms with van der Waals surface area (Å²) < 4.78 is 11.7. The molecule has 16 nitrogen and oxygen atoms in total. The van der Waals surface area contributed by atoms with E-state index in [1.807, 2.05) is 0 Å². The van der Waals surface area contributed by atoms with E-state index < -0.39 is 118 Å². The Bertz CT molecular complexity index is 1870. The van der Waals surface area contributed by atoms with Crippen LogP contribution in [0, 0.1) is 57.2 Å². The fourth-order valence-electron chi connectivity index (χ4n) is 15.6. The van der Waals surface area contributed by atoms with Crippen molar-refractivity contribution in [1.29, 1.82) is 0 Å². The minimum Gasteiger partial charge on any atom is -0.459 e. The second kappa shape index (κ2) is 15.2. The highest BCUT2D eigenvalue weighted by Gasteiger charge is 2.71. The number of carbonyl (C=O) groups is 6.